The summed E-state index contributed by atoms with van der Waals surface area (Å²) in [7, 11) is 1.30. The van der Waals surface area contributed by atoms with Gasteiger partial charge in [-0.3, -0.25) is 4.98 Å². The highest BCUT2D eigenvalue weighted by Gasteiger charge is 2.19. The molecular formula is C8H5BrF2N2O. The maximum Gasteiger partial charge on any atom is 0.281 e. The SMILES string of the molecule is COc1c(C#N)cnc(C(F)F)c1Br. The van der Waals surface area contributed by atoms with Gasteiger partial charge in [0, 0.05) is 6.20 Å². The third kappa shape index (κ3) is 1.82. The van der Waals surface area contributed by atoms with Gasteiger partial charge in [-0.25, -0.2) is 8.78 Å². The Morgan fingerprint density at radius 3 is 2.71 bits per heavy atom. The van der Waals surface area contributed by atoms with Gasteiger partial charge in [-0.2, -0.15) is 5.26 Å². The predicted octanol–water partition coefficient (Wildman–Crippen LogP) is 2.66. The van der Waals surface area contributed by atoms with Crippen LogP contribution < -0.4 is 4.74 Å². The molecular weight excluding hydrogens is 258 g/mol. The molecule has 3 nitrogen and oxygen atoms in total. The summed E-state index contributed by atoms with van der Waals surface area (Å²) in [5.41, 5.74) is -0.315. The zero-order valence-corrected chi connectivity index (χ0v) is 8.68. The fraction of sp³-hybridized carbons (Fsp3) is 0.250. The van der Waals surface area contributed by atoms with E-state index in [4.69, 9.17) is 10.00 Å². The Morgan fingerprint density at radius 2 is 2.29 bits per heavy atom. The first-order valence-corrected chi connectivity index (χ1v) is 4.31. The monoisotopic (exact) mass is 262 g/mol. The summed E-state index contributed by atoms with van der Waals surface area (Å²) in [6, 6.07) is 1.79. The average Bonchev–Trinajstić information content (AvgIpc) is 2.16. The number of hydrogen-bond acceptors (Lipinski definition) is 3. The third-order valence-corrected chi connectivity index (χ3v) is 2.30. The van der Waals surface area contributed by atoms with Crippen molar-refractivity contribution in [2.75, 3.05) is 7.11 Å². The number of nitrogens with zero attached hydrogens (tertiary/aromatic N) is 2. The molecule has 0 bridgehead atoms. The van der Waals surface area contributed by atoms with Gasteiger partial charge in [0.2, 0.25) is 0 Å². The van der Waals surface area contributed by atoms with Crippen molar-refractivity contribution in [3.05, 3.63) is 21.9 Å². The molecule has 0 aliphatic carbocycles. The number of nitriles is 1. The molecule has 0 fully saturated rings. The minimum atomic E-state index is -2.70. The van der Waals surface area contributed by atoms with E-state index >= 15 is 0 Å². The highest BCUT2D eigenvalue weighted by atomic mass is 79.9. The summed E-state index contributed by atoms with van der Waals surface area (Å²) in [4.78, 5) is 3.46. The third-order valence-electron chi connectivity index (χ3n) is 1.53. The minimum Gasteiger partial charge on any atom is -0.494 e. The van der Waals surface area contributed by atoms with Crippen LogP contribution in [0.2, 0.25) is 0 Å². The van der Waals surface area contributed by atoms with E-state index in [9.17, 15) is 8.78 Å². The van der Waals surface area contributed by atoms with Gasteiger partial charge in [-0.1, -0.05) is 0 Å². The van der Waals surface area contributed by atoms with Crippen LogP contribution >= 0.6 is 15.9 Å². The number of pyridine rings is 1. The van der Waals surface area contributed by atoms with E-state index in [0.29, 0.717) is 0 Å². The highest BCUT2D eigenvalue weighted by molar-refractivity contribution is 9.10. The van der Waals surface area contributed by atoms with Crippen LogP contribution in [0.25, 0.3) is 0 Å². The molecule has 6 heteroatoms. The van der Waals surface area contributed by atoms with Gasteiger partial charge in [0.15, 0.2) is 5.75 Å². The molecule has 1 rings (SSSR count). The fourth-order valence-corrected chi connectivity index (χ4v) is 1.57. The Hall–Kier alpha value is -1.22. The Labute approximate surface area is 87.5 Å². The van der Waals surface area contributed by atoms with E-state index in [0.717, 1.165) is 6.20 Å². The molecule has 0 radical (unpaired) electrons. The van der Waals surface area contributed by atoms with Crippen molar-refractivity contribution in [3.63, 3.8) is 0 Å². The van der Waals surface area contributed by atoms with Gasteiger partial charge in [0.25, 0.3) is 6.43 Å². The Morgan fingerprint density at radius 1 is 1.64 bits per heavy atom. The van der Waals surface area contributed by atoms with Gasteiger partial charge in [0.1, 0.15) is 17.3 Å². The zero-order valence-electron chi connectivity index (χ0n) is 7.09. The van der Waals surface area contributed by atoms with Crippen molar-refractivity contribution >= 4 is 15.9 Å². The number of aromatic nitrogens is 1. The topological polar surface area (TPSA) is 45.9 Å². The second-order valence-corrected chi connectivity index (χ2v) is 3.11. The van der Waals surface area contributed by atoms with Crippen LogP contribution in [0.5, 0.6) is 5.75 Å². The van der Waals surface area contributed by atoms with Crippen molar-refractivity contribution in [1.82, 2.24) is 4.98 Å². The van der Waals surface area contributed by atoms with Crippen LogP contribution in [0, 0.1) is 11.3 Å². The van der Waals surface area contributed by atoms with Gasteiger partial charge in [-0.05, 0) is 15.9 Å². The second-order valence-electron chi connectivity index (χ2n) is 2.32. The molecule has 1 aromatic heterocycles. The summed E-state index contributed by atoms with van der Waals surface area (Å²) >= 11 is 2.92. The Kier molecular flexibility index (Phi) is 3.36. The minimum absolute atomic E-state index is 0.0223. The molecule has 0 unspecified atom stereocenters. The van der Waals surface area contributed by atoms with Gasteiger partial charge < -0.3 is 4.74 Å². The predicted molar refractivity (Wildman–Crippen MR) is 48.2 cm³/mol. The number of rotatable bonds is 2. The molecule has 0 N–H and O–H groups in total. The maximum absolute atomic E-state index is 12.3. The fourth-order valence-electron chi connectivity index (χ4n) is 0.915. The first-order chi connectivity index (χ1) is 6.61. The summed E-state index contributed by atoms with van der Waals surface area (Å²) < 4.78 is 29.5. The number of hydrogen-bond donors (Lipinski definition) is 0. The van der Waals surface area contributed by atoms with E-state index in [1.165, 1.54) is 7.11 Å². The van der Waals surface area contributed by atoms with Gasteiger partial charge >= 0.3 is 0 Å². The molecule has 14 heavy (non-hydrogen) atoms. The summed E-state index contributed by atoms with van der Waals surface area (Å²) in [5.74, 6) is 0.0813. The molecule has 74 valence electrons. The molecule has 0 saturated heterocycles. The largest absolute Gasteiger partial charge is 0.494 e. The second kappa shape index (κ2) is 4.33. The van der Waals surface area contributed by atoms with E-state index in [-0.39, 0.29) is 15.8 Å². The van der Waals surface area contributed by atoms with E-state index in [1.54, 1.807) is 6.07 Å². The molecule has 0 aromatic carbocycles. The molecule has 0 spiro atoms. The molecule has 0 amide bonds. The lowest BCUT2D eigenvalue weighted by Crippen LogP contribution is -1.98. The molecule has 0 atom stereocenters. The quantitative estimate of drug-likeness (QED) is 0.823. The number of alkyl halides is 2. The Bertz CT molecular complexity index is 390. The van der Waals surface area contributed by atoms with Crippen LogP contribution in [0.3, 0.4) is 0 Å². The zero-order chi connectivity index (χ0) is 10.7. The molecule has 0 saturated carbocycles. The lowest BCUT2D eigenvalue weighted by Gasteiger charge is -2.08. The van der Waals surface area contributed by atoms with Gasteiger partial charge in [-0.15, -0.1) is 0 Å². The van der Waals surface area contributed by atoms with Crippen molar-refractivity contribution in [1.29, 1.82) is 5.26 Å². The molecule has 0 aliphatic heterocycles. The van der Waals surface area contributed by atoms with Crippen molar-refractivity contribution in [3.8, 4) is 11.8 Å². The molecule has 1 aromatic rings. The smallest absolute Gasteiger partial charge is 0.281 e. The van der Waals surface area contributed by atoms with Crippen LogP contribution in [0.15, 0.2) is 10.7 Å². The molecule has 1 heterocycles. The van der Waals surface area contributed by atoms with Crippen LogP contribution in [0.1, 0.15) is 17.7 Å². The van der Waals surface area contributed by atoms with Crippen molar-refractivity contribution in [2.45, 2.75) is 6.43 Å². The highest BCUT2D eigenvalue weighted by Crippen LogP contribution is 2.34. The van der Waals surface area contributed by atoms with Crippen LogP contribution in [-0.2, 0) is 0 Å². The van der Waals surface area contributed by atoms with Crippen LogP contribution in [0.4, 0.5) is 8.78 Å². The Balaban J connectivity index is 3.37. The first-order valence-electron chi connectivity index (χ1n) is 3.52. The van der Waals surface area contributed by atoms with Crippen molar-refractivity contribution in [2.24, 2.45) is 0 Å². The lowest BCUT2D eigenvalue weighted by molar-refractivity contribution is 0.144. The van der Waals surface area contributed by atoms with E-state index in [1.807, 2.05) is 0 Å². The number of ether oxygens (including phenoxy) is 1. The average molecular weight is 263 g/mol. The summed E-state index contributed by atoms with van der Waals surface area (Å²) in [6.07, 6.45) is -1.64. The number of methoxy groups -OCH3 is 1. The van der Waals surface area contributed by atoms with E-state index in [2.05, 4.69) is 20.9 Å². The molecule has 0 aliphatic rings. The van der Waals surface area contributed by atoms with E-state index < -0.39 is 12.1 Å². The van der Waals surface area contributed by atoms with Crippen LogP contribution in [-0.4, -0.2) is 12.1 Å². The lowest BCUT2D eigenvalue weighted by atomic mass is 10.2. The summed E-state index contributed by atoms with van der Waals surface area (Å²) in [6.45, 7) is 0. The van der Waals surface area contributed by atoms with Gasteiger partial charge in [0.05, 0.1) is 11.6 Å². The summed E-state index contributed by atoms with van der Waals surface area (Å²) in [5, 5.41) is 8.63. The standard InChI is InChI=1S/C8H5BrF2N2O/c1-14-7-4(2-12)3-13-6(5(7)9)8(10)11/h3,8H,1H3. The normalized spacial score (nSPS) is 10.0. The maximum atomic E-state index is 12.3. The number of halogens is 3. The first kappa shape index (κ1) is 10.9. The van der Waals surface area contributed by atoms with Crippen molar-refractivity contribution < 1.29 is 13.5 Å².